The Morgan fingerprint density at radius 3 is 1.78 bits per heavy atom. The Morgan fingerprint density at radius 2 is 1.10 bits per heavy atom. The molecule has 4 bridgehead atoms. The van der Waals surface area contributed by atoms with Crippen LogP contribution in [0, 0.1) is 17.8 Å². The number of aromatic nitrogens is 4. The van der Waals surface area contributed by atoms with Crippen LogP contribution in [0.5, 0.6) is 0 Å². The standard InChI is InChI=1S/C44H34N4O2/c1-2-5-29(6-3-1)41-46-42(30-9-13-33(14-10-30)44-22-26-17-27(23-44)19-28(18-26)24-44)48-43(47-41)32-12-16-36-35-15-11-31(20-38(35)50-39(36)21-32)34-7-4-8-37-40(34)45-25-49-37/h1-16,20-21,25-28H,17-19,22-24H2. The second kappa shape index (κ2) is 10.7. The van der Waals surface area contributed by atoms with Gasteiger partial charge in [0.15, 0.2) is 29.4 Å². The SMILES string of the molecule is c1ccc(-c2nc(-c3ccc(C45CC6CC(CC(C6)C4)C5)cc3)nc(-c3ccc4c(c3)oc3cc(-c5cccc6ocnc56)ccc34)n2)cc1. The molecule has 5 aromatic carbocycles. The lowest BCUT2D eigenvalue weighted by atomic mass is 9.48. The van der Waals surface area contributed by atoms with E-state index >= 15 is 0 Å². The van der Waals surface area contributed by atoms with Crippen molar-refractivity contribution in [2.24, 2.45) is 17.8 Å². The zero-order valence-corrected chi connectivity index (χ0v) is 27.5. The monoisotopic (exact) mass is 650 g/mol. The number of oxazole rings is 1. The average Bonchev–Trinajstić information content (AvgIpc) is 3.79. The predicted octanol–water partition coefficient (Wildman–Crippen LogP) is 11.0. The van der Waals surface area contributed by atoms with Crippen molar-refractivity contribution in [3.8, 4) is 45.3 Å². The molecule has 0 radical (unpaired) electrons. The minimum Gasteiger partial charge on any atom is -0.456 e. The number of fused-ring (bicyclic) bond motifs is 4. The van der Waals surface area contributed by atoms with Crippen LogP contribution in [-0.4, -0.2) is 19.9 Å². The van der Waals surface area contributed by atoms with Crippen molar-refractivity contribution in [1.29, 1.82) is 0 Å². The van der Waals surface area contributed by atoms with Gasteiger partial charge >= 0.3 is 0 Å². The molecule has 242 valence electrons. The van der Waals surface area contributed by atoms with E-state index in [0.29, 0.717) is 22.9 Å². The first kappa shape index (κ1) is 28.2. The van der Waals surface area contributed by atoms with Gasteiger partial charge in [-0.15, -0.1) is 0 Å². The molecule has 4 saturated carbocycles. The van der Waals surface area contributed by atoms with Gasteiger partial charge < -0.3 is 8.83 Å². The largest absolute Gasteiger partial charge is 0.456 e. The average molecular weight is 651 g/mol. The van der Waals surface area contributed by atoms with Crippen LogP contribution in [0.4, 0.5) is 0 Å². The molecule has 0 atom stereocenters. The molecule has 0 spiro atoms. The molecular formula is C44H34N4O2. The van der Waals surface area contributed by atoms with Gasteiger partial charge in [0, 0.05) is 33.0 Å². The minimum absolute atomic E-state index is 0.360. The molecule has 4 fully saturated rings. The van der Waals surface area contributed by atoms with Crippen LogP contribution in [0.1, 0.15) is 44.1 Å². The zero-order valence-electron chi connectivity index (χ0n) is 27.5. The predicted molar refractivity (Wildman–Crippen MR) is 196 cm³/mol. The molecule has 4 aliphatic rings. The van der Waals surface area contributed by atoms with Gasteiger partial charge in [-0.3, -0.25) is 0 Å². The topological polar surface area (TPSA) is 77.8 Å². The van der Waals surface area contributed by atoms with Crippen LogP contribution in [0.25, 0.3) is 78.3 Å². The molecule has 6 heteroatoms. The number of rotatable bonds is 5. The van der Waals surface area contributed by atoms with Gasteiger partial charge in [0.2, 0.25) is 0 Å². The third kappa shape index (κ3) is 4.47. The lowest BCUT2D eigenvalue weighted by Crippen LogP contribution is -2.48. The summed E-state index contributed by atoms with van der Waals surface area (Å²) in [5, 5.41) is 2.11. The highest BCUT2D eigenvalue weighted by Gasteiger charge is 2.51. The summed E-state index contributed by atoms with van der Waals surface area (Å²) >= 11 is 0. The van der Waals surface area contributed by atoms with Crippen LogP contribution >= 0.6 is 0 Å². The van der Waals surface area contributed by atoms with Crippen molar-refractivity contribution in [2.75, 3.05) is 0 Å². The molecule has 12 rings (SSSR count). The van der Waals surface area contributed by atoms with Crippen molar-refractivity contribution in [1.82, 2.24) is 19.9 Å². The smallest absolute Gasteiger partial charge is 0.182 e. The third-order valence-electron chi connectivity index (χ3n) is 11.9. The van der Waals surface area contributed by atoms with Crippen LogP contribution in [0.2, 0.25) is 0 Å². The van der Waals surface area contributed by atoms with Crippen LogP contribution < -0.4 is 0 Å². The van der Waals surface area contributed by atoms with E-state index < -0.39 is 0 Å². The molecule has 0 saturated heterocycles. The van der Waals surface area contributed by atoms with Crippen molar-refractivity contribution in [2.45, 2.75) is 43.9 Å². The van der Waals surface area contributed by atoms with Crippen LogP contribution in [-0.2, 0) is 5.41 Å². The van der Waals surface area contributed by atoms with E-state index in [1.54, 1.807) is 0 Å². The van der Waals surface area contributed by atoms with Crippen molar-refractivity contribution < 1.29 is 8.83 Å². The summed E-state index contributed by atoms with van der Waals surface area (Å²) in [7, 11) is 0. The fourth-order valence-electron chi connectivity index (χ4n) is 9.99. The van der Waals surface area contributed by atoms with E-state index in [-0.39, 0.29) is 0 Å². The fourth-order valence-corrected chi connectivity index (χ4v) is 9.99. The maximum absolute atomic E-state index is 6.50. The summed E-state index contributed by atoms with van der Waals surface area (Å²) in [5.41, 5.74) is 9.98. The summed E-state index contributed by atoms with van der Waals surface area (Å²) in [4.78, 5) is 19.5. The first-order chi connectivity index (χ1) is 24.6. The lowest BCUT2D eigenvalue weighted by molar-refractivity contribution is -0.00518. The Bertz CT molecular complexity index is 2550. The van der Waals surface area contributed by atoms with E-state index in [0.717, 1.165) is 78.6 Å². The van der Waals surface area contributed by atoms with Crippen molar-refractivity contribution in [3.63, 3.8) is 0 Å². The zero-order chi connectivity index (χ0) is 32.8. The fraction of sp³-hybridized carbons (Fsp3) is 0.227. The highest BCUT2D eigenvalue weighted by Crippen LogP contribution is 2.60. The summed E-state index contributed by atoms with van der Waals surface area (Å²) in [6.45, 7) is 0. The molecule has 4 aliphatic carbocycles. The number of hydrogen-bond donors (Lipinski definition) is 0. The Labute approximate surface area is 289 Å². The van der Waals surface area contributed by atoms with Gasteiger partial charge in [0.05, 0.1) is 0 Å². The van der Waals surface area contributed by atoms with Gasteiger partial charge in [-0.1, -0.05) is 78.9 Å². The molecular weight excluding hydrogens is 617 g/mol. The molecule has 6 nitrogen and oxygen atoms in total. The summed E-state index contributed by atoms with van der Waals surface area (Å²) in [6, 6.07) is 37.9. The van der Waals surface area contributed by atoms with Crippen molar-refractivity contribution in [3.05, 3.63) is 121 Å². The first-order valence-electron chi connectivity index (χ1n) is 17.9. The quantitative estimate of drug-likeness (QED) is 0.184. The molecule has 0 aliphatic heterocycles. The Hall–Kier alpha value is -5.62. The third-order valence-corrected chi connectivity index (χ3v) is 11.9. The van der Waals surface area contributed by atoms with E-state index in [4.69, 9.17) is 23.8 Å². The van der Waals surface area contributed by atoms with E-state index in [9.17, 15) is 0 Å². The van der Waals surface area contributed by atoms with Gasteiger partial charge in [-0.2, -0.15) is 0 Å². The number of nitrogens with zero attached hydrogens (tertiary/aromatic N) is 4. The molecule has 8 aromatic rings. The maximum atomic E-state index is 6.50. The normalized spacial score (nSPS) is 22.6. The number of para-hydroxylation sites is 1. The molecule has 0 N–H and O–H groups in total. The maximum Gasteiger partial charge on any atom is 0.182 e. The highest BCUT2D eigenvalue weighted by molar-refractivity contribution is 6.07. The first-order valence-corrected chi connectivity index (χ1v) is 17.9. The van der Waals surface area contributed by atoms with Gasteiger partial charge in [-0.25, -0.2) is 19.9 Å². The van der Waals surface area contributed by atoms with Gasteiger partial charge in [-0.05, 0) is 103 Å². The number of furan rings is 1. The second-order valence-corrected chi connectivity index (χ2v) is 15.0. The van der Waals surface area contributed by atoms with E-state index in [1.807, 2.05) is 30.3 Å². The summed E-state index contributed by atoms with van der Waals surface area (Å²) in [5.74, 6) is 4.72. The molecule has 50 heavy (non-hydrogen) atoms. The molecule has 0 amide bonds. The summed E-state index contributed by atoms with van der Waals surface area (Å²) in [6.07, 6.45) is 9.92. The van der Waals surface area contributed by atoms with Crippen LogP contribution in [0.15, 0.2) is 124 Å². The van der Waals surface area contributed by atoms with E-state index in [2.05, 4.69) is 83.8 Å². The van der Waals surface area contributed by atoms with Crippen molar-refractivity contribution >= 4 is 33.0 Å². The molecule has 3 heterocycles. The number of hydrogen-bond acceptors (Lipinski definition) is 6. The van der Waals surface area contributed by atoms with Gasteiger partial charge in [0.25, 0.3) is 0 Å². The molecule has 0 unspecified atom stereocenters. The second-order valence-electron chi connectivity index (χ2n) is 15.0. The van der Waals surface area contributed by atoms with E-state index in [1.165, 1.54) is 50.5 Å². The number of benzene rings is 5. The van der Waals surface area contributed by atoms with Crippen LogP contribution in [0.3, 0.4) is 0 Å². The Balaban J connectivity index is 0.985. The highest BCUT2D eigenvalue weighted by atomic mass is 16.3. The minimum atomic E-state index is 0.360. The Kier molecular flexibility index (Phi) is 6.04. The Morgan fingerprint density at radius 1 is 0.520 bits per heavy atom. The summed E-state index contributed by atoms with van der Waals surface area (Å²) < 4.78 is 12.0. The lowest BCUT2D eigenvalue weighted by Gasteiger charge is -2.57. The molecule has 3 aromatic heterocycles. The van der Waals surface area contributed by atoms with Gasteiger partial charge in [0.1, 0.15) is 16.7 Å².